The fourth-order valence-electron chi connectivity index (χ4n) is 1.83. The number of amides is 1. The second kappa shape index (κ2) is 5.05. The molecule has 1 aliphatic rings. The van der Waals surface area contributed by atoms with Gasteiger partial charge >= 0.3 is 0 Å². The molecule has 1 saturated heterocycles. The minimum absolute atomic E-state index is 0.0670. The number of aromatic hydroxyl groups is 1. The Morgan fingerprint density at radius 2 is 2.41 bits per heavy atom. The topological polar surface area (TPSA) is 70.6 Å². The van der Waals surface area contributed by atoms with Crippen LogP contribution in [0.4, 0.5) is 0 Å². The van der Waals surface area contributed by atoms with Gasteiger partial charge in [-0.1, -0.05) is 0 Å². The van der Waals surface area contributed by atoms with Crippen LogP contribution in [-0.2, 0) is 11.3 Å². The highest BCUT2D eigenvalue weighted by Gasteiger charge is 2.20. The van der Waals surface area contributed by atoms with E-state index in [4.69, 9.17) is 4.74 Å². The quantitative estimate of drug-likeness (QED) is 0.706. The van der Waals surface area contributed by atoms with Crippen molar-refractivity contribution in [2.45, 2.75) is 19.0 Å². The van der Waals surface area contributed by atoms with Gasteiger partial charge in [-0.2, -0.15) is 0 Å². The largest absolute Gasteiger partial charge is 0.508 e. The van der Waals surface area contributed by atoms with Crippen molar-refractivity contribution in [3.63, 3.8) is 0 Å². The van der Waals surface area contributed by atoms with Crippen molar-refractivity contribution in [2.24, 2.45) is 0 Å². The average Bonchev–Trinajstić information content (AvgIpc) is 2.74. The number of methoxy groups -OCH3 is 1. The first-order chi connectivity index (χ1) is 8.19. The smallest absolute Gasteiger partial charge is 0.221 e. The van der Waals surface area contributed by atoms with Crippen molar-refractivity contribution in [2.75, 3.05) is 13.7 Å². The lowest BCUT2D eigenvalue weighted by atomic mass is 10.1. The first-order valence-electron chi connectivity index (χ1n) is 5.55. The van der Waals surface area contributed by atoms with Gasteiger partial charge < -0.3 is 20.5 Å². The lowest BCUT2D eigenvalue weighted by molar-refractivity contribution is -0.119. The minimum atomic E-state index is 0.0670. The van der Waals surface area contributed by atoms with Gasteiger partial charge in [0.05, 0.1) is 7.11 Å². The Hall–Kier alpha value is -1.75. The molecule has 3 N–H and O–H groups in total. The van der Waals surface area contributed by atoms with Gasteiger partial charge in [0.2, 0.25) is 5.91 Å². The van der Waals surface area contributed by atoms with Gasteiger partial charge in [0.15, 0.2) is 0 Å². The second-order valence-electron chi connectivity index (χ2n) is 4.08. The minimum Gasteiger partial charge on any atom is -0.508 e. The van der Waals surface area contributed by atoms with Crippen molar-refractivity contribution in [1.29, 1.82) is 0 Å². The Bertz CT molecular complexity index is 420. The Labute approximate surface area is 99.8 Å². The number of phenolic OH excluding ortho intramolecular Hbond substituents is 1. The first kappa shape index (κ1) is 11.7. The molecule has 1 amide bonds. The van der Waals surface area contributed by atoms with Gasteiger partial charge in [-0.05, 0) is 18.2 Å². The zero-order chi connectivity index (χ0) is 12.3. The molecule has 92 valence electrons. The third-order valence-corrected chi connectivity index (χ3v) is 2.85. The normalized spacial score (nSPS) is 19.1. The summed E-state index contributed by atoms with van der Waals surface area (Å²) in [7, 11) is 1.59. The highest BCUT2D eigenvalue weighted by Crippen LogP contribution is 2.22. The number of carbonyl (C=O) groups excluding carboxylic acids is 1. The third kappa shape index (κ3) is 2.88. The van der Waals surface area contributed by atoms with Crippen molar-refractivity contribution < 1.29 is 14.6 Å². The van der Waals surface area contributed by atoms with Crippen LogP contribution >= 0.6 is 0 Å². The Morgan fingerprint density at radius 1 is 1.59 bits per heavy atom. The highest BCUT2D eigenvalue weighted by molar-refractivity contribution is 5.78. The van der Waals surface area contributed by atoms with Gasteiger partial charge in [-0.25, -0.2) is 0 Å². The Kier molecular flexibility index (Phi) is 3.49. The van der Waals surface area contributed by atoms with Gasteiger partial charge in [0, 0.05) is 31.1 Å². The average molecular weight is 236 g/mol. The molecule has 0 saturated carbocycles. The molecular formula is C12H16N2O3. The molecule has 0 aromatic heterocycles. The van der Waals surface area contributed by atoms with Crippen LogP contribution in [0.15, 0.2) is 18.2 Å². The van der Waals surface area contributed by atoms with E-state index in [9.17, 15) is 9.90 Å². The fourth-order valence-corrected chi connectivity index (χ4v) is 1.83. The van der Waals surface area contributed by atoms with Gasteiger partial charge in [-0.3, -0.25) is 4.79 Å². The summed E-state index contributed by atoms with van der Waals surface area (Å²) < 4.78 is 5.09. The van der Waals surface area contributed by atoms with Crippen LogP contribution in [0.2, 0.25) is 0 Å². The standard InChI is InChI=1S/C12H16N2O3/c1-17-10-2-3-11(15)8(4-10)6-13-9-5-12(16)14-7-9/h2-4,9,13,15H,5-7H2,1H3,(H,14,16). The van der Waals surface area contributed by atoms with E-state index in [0.717, 1.165) is 5.56 Å². The summed E-state index contributed by atoms with van der Waals surface area (Å²) in [6.07, 6.45) is 0.491. The van der Waals surface area contributed by atoms with Crippen molar-refractivity contribution in [1.82, 2.24) is 10.6 Å². The Morgan fingerprint density at radius 3 is 3.06 bits per heavy atom. The van der Waals surface area contributed by atoms with E-state index in [-0.39, 0.29) is 17.7 Å². The number of benzene rings is 1. The van der Waals surface area contributed by atoms with Crippen LogP contribution in [0, 0.1) is 0 Å². The third-order valence-electron chi connectivity index (χ3n) is 2.85. The molecule has 0 aliphatic carbocycles. The summed E-state index contributed by atoms with van der Waals surface area (Å²) in [5.74, 6) is 1.01. The van der Waals surface area contributed by atoms with Crippen molar-refractivity contribution >= 4 is 5.91 Å². The van der Waals surface area contributed by atoms with Crippen LogP contribution in [0.1, 0.15) is 12.0 Å². The van der Waals surface area contributed by atoms with E-state index in [1.165, 1.54) is 0 Å². The molecule has 1 aliphatic heterocycles. The molecule has 0 radical (unpaired) electrons. The summed E-state index contributed by atoms with van der Waals surface area (Å²) >= 11 is 0. The summed E-state index contributed by atoms with van der Waals surface area (Å²) in [5, 5.41) is 15.7. The molecule has 5 nitrogen and oxygen atoms in total. The lowest BCUT2D eigenvalue weighted by Crippen LogP contribution is -2.30. The molecule has 1 unspecified atom stereocenters. The van der Waals surface area contributed by atoms with E-state index in [2.05, 4.69) is 10.6 Å². The molecule has 1 aromatic rings. The van der Waals surface area contributed by atoms with Gasteiger partial charge in [-0.15, -0.1) is 0 Å². The molecule has 0 bridgehead atoms. The summed E-state index contributed by atoms with van der Waals surface area (Å²) in [4.78, 5) is 11.0. The van der Waals surface area contributed by atoms with Crippen molar-refractivity contribution in [3.8, 4) is 11.5 Å². The zero-order valence-corrected chi connectivity index (χ0v) is 9.69. The monoisotopic (exact) mass is 236 g/mol. The predicted molar refractivity (Wildman–Crippen MR) is 62.9 cm³/mol. The van der Waals surface area contributed by atoms with Crippen LogP contribution in [0.5, 0.6) is 11.5 Å². The molecular weight excluding hydrogens is 220 g/mol. The van der Waals surface area contributed by atoms with Crippen molar-refractivity contribution in [3.05, 3.63) is 23.8 Å². The zero-order valence-electron chi connectivity index (χ0n) is 9.69. The fraction of sp³-hybridized carbons (Fsp3) is 0.417. The Balaban J connectivity index is 1.96. The number of hydrogen-bond acceptors (Lipinski definition) is 4. The van der Waals surface area contributed by atoms with Gasteiger partial charge in [0.1, 0.15) is 11.5 Å². The van der Waals surface area contributed by atoms with E-state index in [1.54, 1.807) is 25.3 Å². The summed E-state index contributed by atoms with van der Waals surface area (Å²) in [6, 6.07) is 5.23. The number of phenols is 1. The van der Waals surface area contributed by atoms with E-state index < -0.39 is 0 Å². The van der Waals surface area contributed by atoms with E-state index in [0.29, 0.717) is 25.3 Å². The lowest BCUT2D eigenvalue weighted by Gasteiger charge is -2.12. The molecule has 0 spiro atoms. The number of rotatable bonds is 4. The summed E-state index contributed by atoms with van der Waals surface area (Å²) in [6.45, 7) is 1.16. The number of nitrogens with one attached hydrogen (secondary N) is 2. The summed E-state index contributed by atoms with van der Waals surface area (Å²) in [5.41, 5.74) is 0.767. The number of ether oxygens (including phenoxy) is 1. The van der Waals surface area contributed by atoms with Crippen LogP contribution in [-0.4, -0.2) is 30.7 Å². The first-order valence-corrected chi connectivity index (χ1v) is 5.55. The number of hydrogen-bond donors (Lipinski definition) is 3. The van der Waals surface area contributed by atoms with E-state index in [1.807, 2.05) is 0 Å². The highest BCUT2D eigenvalue weighted by atomic mass is 16.5. The number of carbonyl (C=O) groups is 1. The molecule has 2 rings (SSSR count). The maximum Gasteiger partial charge on any atom is 0.221 e. The second-order valence-corrected chi connectivity index (χ2v) is 4.08. The SMILES string of the molecule is COc1ccc(O)c(CNC2CNC(=O)C2)c1. The molecule has 1 atom stereocenters. The van der Waals surface area contributed by atoms with E-state index >= 15 is 0 Å². The maximum atomic E-state index is 11.0. The van der Waals surface area contributed by atoms with Gasteiger partial charge in [0.25, 0.3) is 0 Å². The molecule has 5 heteroatoms. The predicted octanol–water partition coefficient (Wildman–Crippen LogP) is 0.379. The maximum absolute atomic E-state index is 11.0. The van der Waals surface area contributed by atoms with Crippen LogP contribution in [0.25, 0.3) is 0 Å². The molecule has 17 heavy (non-hydrogen) atoms. The molecule has 1 aromatic carbocycles. The molecule has 1 fully saturated rings. The molecule has 1 heterocycles. The van der Waals surface area contributed by atoms with Crippen LogP contribution in [0.3, 0.4) is 0 Å². The van der Waals surface area contributed by atoms with Crippen LogP contribution < -0.4 is 15.4 Å².